The number of hydrogen-bond acceptors (Lipinski definition) is 2. The second-order valence-electron chi connectivity index (χ2n) is 6.20. The number of alkyl halides is 1. The smallest absolute Gasteiger partial charge is 0.234 e. The zero-order chi connectivity index (χ0) is 16.4. The summed E-state index contributed by atoms with van der Waals surface area (Å²) < 4.78 is 6.05. The standard InChI is InChI=1S/C19H20INO2/c1-19(13-20)12-17(14-6-4-3-5-7-14)21(18(19)22)15-8-10-16(23-2)11-9-15/h3-11,17H,12-13H2,1-2H3/t17-,19-/m1/s1. The summed E-state index contributed by atoms with van der Waals surface area (Å²) in [6.07, 6.45) is 0.838. The maximum absolute atomic E-state index is 13.1. The molecule has 1 saturated heterocycles. The van der Waals surface area contributed by atoms with Gasteiger partial charge in [0.25, 0.3) is 0 Å². The van der Waals surface area contributed by atoms with E-state index in [1.165, 1.54) is 5.56 Å². The predicted octanol–water partition coefficient (Wildman–Crippen LogP) is 4.61. The molecule has 2 atom stereocenters. The second-order valence-corrected chi connectivity index (χ2v) is 6.96. The van der Waals surface area contributed by atoms with Gasteiger partial charge in [0.05, 0.1) is 18.6 Å². The van der Waals surface area contributed by atoms with Gasteiger partial charge in [-0.15, -0.1) is 0 Å². The number of nitrogens with zero attached hydrogens (tertiary/aromatic N) is 1. The van der Waals surface area contributed by atoms with Crippen LogP contribution in [0.3, 0.4) is 0 Å². The minimum absolute atomic E-state index is 0.0804. The van der Waals surface area contributed by atoms with Gasteiger partial charge in [-0.1, -0.05) is 52.9 Å². The molecule has 0 bridgehead atoms. The van der Waals surface area contributed by atoms with Crippen molar-refractivity contribution in [3.63, 3.8) is 0 Å². The molecule has 2 aromatic rings. The molecule has 23 heavy (non-hydrogen) atoms. The molecule has 3 rings (SSSR count). The number of methoxy groups -OCH3 is 1. The first-order valence-corrected chi connectivity index (χ1v) is 9.20. The molecular weight excluding hydrogens is 401 g/mol. The highest BCUT2D eigenvalue weighted by Crippen LogP contribution is 2.47. The fourth-order valence-corrected chi connectivity index (χ4v) is 3.77. The lowest BCUT2D eigenvalue weighted by molar-refractivity contribution is -0.123. The lowest BCUT2D eigenvalue weighted by Crippen LogP contribution is -2.34. The predicted molar refractivity (Wildman–Crippen MR) is 101 cm³/mol. The van der Waals surface area contributed by atoms with Crippen LogP contribution in [-0.2, 0) is 4.79 Å². The third-order valence-corrected chi connectivity index (χ3v) is 6.20. The Hall–Kier alpha value is -1.56. The lowest BCUT2D eigenvalue weighted by atomic mass is 9.88. The van der Waals surface area contributed by atoms with E-state index in [4.69, 9.17) is 4.74 Å². The van der Waals surface area contributed by atoms with Crippen LogP contribution in [-0.4, -0.2) is 17.4 Å². The average Bonchev–Trinajstić information content (AvgIpc) is 2.88. The van der Waals surface area contributed by atoms with Gasteiger partial charge >= 0.3 is 0 Å². The molecule has 1 fully saturated rings. The molecule has 0 saturated carbocycles. The molecule has 0 radical (unpaired) electrons. The van der Waals surface area contributed by atoms with Crippen LogP contribution < -0.4 is 9.64 Å². The van der Waals surface area contributed by atoms with Crippen LogP contribution in [0.2, 0.25) is 0 Å². The van der Waals surface area contributed by atoms with Gasteiger partial charge < -0.3 is 9.64 Å². The van der Waals surface area contributed by atoms with Crippen molar-refractivity contribution in [2.75, 3.05) is 16.4 Å². The van der Waals surface area contributed by atoms with Crippen molar-refractivity contribution in [1.82, 2.24) is 0 Å². The third kappa shape index (κ3) is 2.96. The van der Waals surface area contributed by atoms with E-state index in [9.17, 15) is 4.79 Å². The zero-order valence-corrected chi connectivity index (χ0v) is 15.5. The monoisotopic (exact) mass is 421 g/mol. The summed E-state index contributed by atoms with van der Waals surface area (Å²) in [5.74, 6) is 0.999. The van der Waals surface area contributed by atoms with Crippen molar-refractivity contribution in [2.45, 2.75) is 19.4 Å². The Morgan fingerprint density at radius 3 is 2.39 bits per heavy atom. The van der Waals surface area contributed by atoms with E-state index in [0.29, 0.717) is 0 Å². The fourth-order valence-electron chi connectivity index (χ4n) is 3.13. The molecule has 1 aliphatic rings. The highest BCUT2D eigenvalue weighted by molar-refractivity contribution is 14.1. The number of anilines is 1. The van der Waals surface area contributed by atoms with Crippen LogP contribution in [0.5, 0.6) is 5.75 Å². The van der Waals surface area contributed by atoms with Crippen LogP contribution >= 0.6 is 22.6 Å². The van der Waals surface area contributed by atoms with Crippen LogP contribution in [0.4, 0.5) is 5.69 Å². The number of carbonyl (C=O) groups is 1. The Kier molecular flexibility index (Phi) is 4.62. The maximum Gasteiger partial charge on any atom is 0.234 e. The van der Waals surface area contributed by atoms with E-state index in [2.05, 4.69) is 41.6 Å². The van der Waals surface area contributed by atoms with E-state index in [0.717, 1.165) is 22.3 Å². The van der Waals surface area contributed by atoms with Gasteiger partial charge in [0.1, 0.15) is 5.75 Å². The van der Waals surface area contributed by atoms with Crippen LogP contribution in [0.1, 0.15) is 24.9 Å². The molecule has 120 valence electrons. The molecule has 0 aromatic heterocycles. The van der Waals surface area contributed by atoms with E-state index >= 15 is 0 Å². The van der Waals surface area contributed by atoms with E-state index in [-0.39, 0.29) is 17.4 Å². The second kappa shape index (κ2) is 6.51. The van der Waals surface area contributed by atoms with Crippen molar-refractivity contribution < 1.29 is 9.53 Å². The number of carbonyl (C=O) groups excluding carboxylic acids is 1. The number of benzene rings is 2. The minimum atomic E-state index is -0.318. The first kappa shape index (κ1) is 16.3. The van der Waals surface area contributed by atoms with Crippen LogP contribution in [0.25, 0.3) is 0 Å². The van der Waals surface area contributed by atoms with Crippen molar-refractivity contribution in [2.24, 2.45) is 5.41 Å². The Morgan fingerprint density at radius 2 is 1.83 bits per heavy atom. The Labute approximate surface area is 150 Å². The van der Waals surface area contributed by atoms with Gasteiger partial charge in [-0.05, 0) is 43.2 Å². The summed E-state index contributed by atoms with van der Waals surface area (Å²) >= 11 is 2.32. The summed E-state index contributed by atoms with van der Waals surface area (Å²) in [6.45, 7) is 2.07. The number of halogens is 1. The molecule has 0 aliphatic carbocycles. The third-order valence-electron chi connectivity index (χ3n) is 4.52. The minimum Gasteiger partial charge on any atom is -0.497 e. The molecule has 2 aromatic carbocycles. The summed E-state index contributed by atoms with van der Waals surface area (Å²) in [4.78, 5) is 15.0. The first-order valence-electron chi connectivity index (χ1n) is 7.68. The van der Waals surface area contributed by atoms with Crippen molar-refractivity contribution >= 4 is 34.2 Å². The number of amides is 1. The van der Waals surface area contributed by atoms with Gasteiger partial charge in [-0.25, -0.2) is 0 Å². The maximum atomic E-state index is 13.1. The molecule has 0 unspecified atom stereocenters. The van der Waals surface area contributed by atoms with Gasteiger partial charge in [0, 0.05) is 10.1 Å². The van der Waals surface area contributed by atoms with E-state index in [1.54, 1.807) is 7.11 Å². The molecule has 1 aliphatic heterocycles. The van der Waals surface area contributed by atoms with Gasteiger partial charge in [0.15, 0.2) is 0 Å². The van der Waals surface area contributed by atoms with E-state index < -0.39 is 0 Å². The van der Waals surface area contributed by atoms with Crippen molar-refractivity contribution in [3.8, 4) is 5.75 Å². The Morgan fingerprint density at radius 1 is 1.17 bits per heavy atom. The molecular formula is C19H20INO2. The lowest BCUT2D eigenvalue weighted by Gasteiger charge is -2.26. The Bertz CT molecular complexity index is 686. The average molecular weight is 421 g/mol. The van der Waals surface area contributed by atoms with Gasteiger partial charge in [-0.3, -0.25) is 4.79 Å². The van der Waals surface area contributed by atoms with Crippen LogP contribution in [0.15, 0.2) is 54.6 Å². The first-order chi connectivity index (χ1) is 11.1. The quantitative estimate of drug-likeness (QED) is 0.533. The highest BCUT2D eigenvalue weighted by atomic mass is 127. The fraction of sp³-hybridized carbons (Fsp3) is 0.316. The molecule has 0 N–H and O–H groups in total. The van der Waals surface area contributed by atoms with E-state index in [1.807, 2.05) is 47.4 Å². The summed E-state index contributed by atoms with van der Waals surface area (Å²) in [5.41, 5.74) is 1.80. The zero-order valence-electron chi connectivity index (χ0n) is 13.3. The Balaban J connectivity index is 2.03. The van der Waals surface area contributed by atoms with Gasteiger partial charge in [-0.2, -0.15) is 0 Å². The number of ether oxygens (including phenoxy) is 1. The van der Waals surface area contributed by atoms with Crippen LogP contribution in [0, 0.1) is 5.41 Å². The summed E-state index contributed by atoms with van der Waals surface area (Å²) in [5, 5.41) is 0. The molecule has 1 amide bonds. The number of hydrogen-bond donors (Lipinski definition) is 0. The SMILES string of the molecule is COc1ccc(N2C(=O)[C@@](C)(CI)C[C@@H]2c2ccccc2)cc1. The van der Waals surface area contributed by atoms with Crippen molar-refractivity contribution in [3.05, 3.63) is 60.2 Å². The highest BCUT2D eigenvalue weighted by Gasteiger charge is 2.48. The van der Waals surface area contributed by atoms with Gasteiger partial charge in [0.2, 0.25) is 5.91 Å². The topological polar surface area (TPSA) is 29.5 Å². The van der Waals surface area contributed by atoms with Crippen molar-refractivity contribution in [1.29, 1.82) is 0 Å². The molecule has 1 heterocycles. The molecule has 0 spiro atoms. The summed E-state index contributed by atoms with van der Waals surface area (Å²) in [7, 11) is 1.65. The molecule has 4 heteroatoms. The number of rotatable bonds is 4. The molecule has 3 nitrogen and oxygen atoms in total. The normalized spacial score (nSPS) is 24.0. The summed E-state index contributed by atoms with van der Waals surface area (Å²) in [6, 6.07) is 18.1. The largest absolute Gasteiger partial charge is 0.497 e.